The van der Waals surface area contributed by atoms with Gasteiger partial charge in [-0.1, -0.05) is 107 Å². The van der Waals surface area contributed by atoms with Gasteiger partial charge in [0.25, 0.3) is 0 Å². The predicted molar refractivity (Wildman–Crippen MR) is 189 cm³/mol. The van der Waals surface area contributed by atoms with Crippen LogP contribution in [0.5, 0.6) is 0 Å². The third-order valence-corrected chi connectivity index (χ3v) is 10.6. The predicted octanol–water partition coefficient (Wildman–Crippen LogP) is 5.54. The Bertz CT molecular complexity index is 1510. The van der Waals surface area contributed by atoms with Gasteiger partial charge in [0.2, 0.25) is 11.8 Å². The Morgan fingerprint density at radius 1 is 0.915 bits per heavy atom. The fourth-order valence-corrected chi connectivity index (χ4v) is 7.88. The van der Waals surface area contributed by atoms with Crippen molar-refractivity contribution in [3.8, 4) is 12.3 Å². The standard InChI is InChI=1S/C39H50N2O5S/c1-4-13-34(39(45)41-35(24-29-16-9-6-10-17-29)37(43)36(42)22-27(2)3)40-38(44)32(23-28-14-7-5-8-15-28)26-47(46)33-21-20-30-18-11-12-19-31(30)25-33/h1,5,7-8,11-12,14-15,18-21,25,27,29,32,34-37,42-43H,6,9-10,13,16-17,22-24,26H2,2-3H3,(H,40,44)(H,41,45)/t32-,34+,35+,36+,37-,47?/m1/s1. The van der Waals surface area contributed by atoms with E-state index in [0.717, 1.165) is 42.0 Å². The van der Waals surface area contributed by atoms with E-state index in [1.165, 1.54) is 6.42 Å². The lowest BCUT2D eigenvalue weighted by Gasteiger charge is -2.33. The minimum atomic E-state index is -1.49. The van der Waals surface area contributed by atoms with Gasteiger partial charge in [-0.25, -0.2) is 0 Å². The molecule has 0 spiro atoms. The lowest BCUT2D eigenvalue weighted by molar-refractivity contribution is -0.132. The highest BCUT2D eigenvalue weighted by Crippen LogP contribution is 2.29. The molecule has 8 heteroatoms. The number of aliphatic hydroxyl groups is 2. The van der Waals surface area contributed by atoms with Crippen molar-refractivity contribution < 1.29 is 24.0 Å². The van der Waals surface area contributed by atoms with E-state index in [0.29, 0.717) is 30.1 Å². The topological polar surface area (TPSA) is 116 Å². The molecule has 4 rings (SSSR count). The summed E-state index contributed by atoms with van der Waals surface area (Å²) in [5.41, 5.74) is 0.913. The maximum absolute atomic E-state index is 13.9. The number of benzene rings is 3. The molecule has 2 amide bonds. The summed E-state index contributed by atoms with van der Waals surface area (Å²) in [5.74, 6) is 1.46. The van der Waals surface area contributed by atoms with Crippen molar-refractivity contribution in [1.29, 1.82) is 0 Å². The summed E-state index contributed by atoms with van der Waals surface area (Å²) in [4.78, 5) is 28.3. The summed E-state index contributed by atoms with van der Waals surface area (Å²) in [6.07, 6.45) is 10.2. The number of aliphatic hydroxyl groups excluding tert-OH is 2. The number of nitrogens with one attached hydrogen (secondary N) is 2. The highest BCUT2D eigenvalue weighted by Gasteiger charge is 2.34. The molecule has 0 radical (unpaired) electrons. The molecule has 1 aliphatic carbocycles. The molecule has 0 aromatic heterocycles. The smallest absolute Gasteiger partial charge is 0.243 e. The van der Waals surface area contributed by atoms with Crippen LogP contribution in [0.3, 0.4) is 0 Å². The van der Waals surface area contributed by atoms with E-state index in [1.54, 1.807) is 0 Å². The number of carbonyl (C=O) groups excluding carboxylic acids is 2. The van der Waals surface area contributed by atoms with Gasteiger partial charge in [0.05, 0.1) is 28.9 Å². The van der Waals surface area contributed by atoms with Crippen LogP contribution in [0, 0.1) is 30.1 Å². The first-order chi connectivity index (χ1) is 22.6. The molecule has 0 heterocycles. The molecule has 252 valence electrons. The second-order valence-electron chi connectivity index (χ2n) is 13.4. The van der Waals surface area contributed by atoms with Crippen LogP contribution in [-0.4, -0.2) is 56.3 Å². The average Bonchev–Trinajstić information content (AvgIpc) is 3.07. The van der Waals surface area contributed by atoms with Crippen molar-refractivity contribution in [2.45, 2.75) is 101 Å². The molecule has 7 nitrogen and oxygen atoms in total. The minimum absolute atomic E-state index is 0.0514. The van der Waals surface area contributed by atoms with E-state index >= 15 is 0 Å². The Morgan fingerprint density at radius 3 is 2.28 bits per heavy atom. The van der Waals surface area contributed by atoms with Gasteiger partial charge in [-0.15, -0.1) is 12.3 Å². The van der Waals surface area contributed by atoms with E-state index in [1.807, 2.05) is 86.6 Å². The van der Waals surface area contributed by atoms with E-state index < -0.39 is 52.8 Å². The van der Waals surface area contributed by atoms with E-state index in [4.69, 9.17) is 6.42 Å². The monoisotopic (exact) mass is 658 g/mol. The van der Waals surface area contributed by atoms with Crippen LogP contribution in [0.4, 0.5) is 0 Å². The lowest BCUT2D eigenvalue weighted by Crippen LogP contribution is -2.56. The number of carbonyl (C=O) groups is 2. The van der Waals surface area contributed by atoms with Crippen LogP contribution in [0.25, 0.3) is 10.8 Å². The van der Waals surface area contributed by atoms with Crippen LogP contribution in [0.2, 0.25) is 0 Å². The van der Waals surface area contributed by atoms with Crippen molar-refractivity contribution in [2.75, 3.05) is 5.75 Å². The molecule has 47 heavy (non-hydrogen) atoms. The maximum Gasteiger partial charge on any atom is 0.243 e. The quantitative estimate of drug-likeness (QED) is 0.151. The van der Waals surface area contributed by atoms with Crippen LogP contribution < -0.4 is 10.6 Å². The Labute approximate surface area is 282 Å². The molecule has 0 aliphatic heterocycles. The molecular formula is C39H50N2O5S. The maximum atomic E-state index is 13.9. The van der Waals surface area contributed by atoms with Crippen LogP contribution in [0.1, 0.15) is 70.8 Å². The molecule has 1 unspecified atom stereocenters. The number of hydrogen-bond donors (Lipinski definition) is 4. The molecular weight excluding hydrogens is 609 g/mol. The zero-order valence-corrected chi connectivity index (χ0v) is 28.5. The number of rotatable bonds is 16. The molecule has 4 N–H and O–H groups in total. The Hall–Kier alpha value is -3.51. The Morgan fingerprint density at radius 2 is 1.60 bits per heavy atom. The molecule has 0 bridgehead atoms. The van der Waals surface area contributed by atoms with Crippen LogP contribution in [-0.2, 0) is 26.8 Å². The number of terminal acetylenes is 1. The van der Waals surface area contributed by atoms with Crippen LogP contribution >= 0.6 is 0 Å². The van der Waals surface area contributed by atoms with Gasteiger partial charge in [-0.2, -0.15) is 0 Å². The zero-order chi connectivity index (χ0) is 33.8. The molecule has 3 aromatic carbocycles. The number of fused-ring (bicyclic) bond motifs is 1. The number of hydrogen-bond acceptors (Lipinski definition) is 5. The lowest BCUT2D eigenvalue weighted by atomic mass is 9.82. The van der Waals surface area contributed by atoms with Gasteiger partial charge in [-0.05, 0) is 59.6 Å². The van der Waals surface area contributed by atoms with Crippen molar-refractivity contribution in [3.63, 3.8) is 0 Å². The van der Waals surface area contributed by atoms with E-state index in [9.17, 15) is 24.0 Å². The third-order valence-electron chi connectivity index (χ3n) is 9.15. The third kappa shape index (κ3) is 11.0. The summed E-state index contributed by atoms with van der Waals surface area (Å²) in [6, 6.07) is 21.3. The van der Waals surface area contributed by atoms with Gasteiger partial charge in [0.15, 0.2) is 0 Å². The van der Waals surface area contributed by atoms with E-state index in [2.05, 4.69) is 16.6 Å². The first kappa shape index (κ1) is 36.3. The summed E-state index contributed by atoms with van der Waals surface area (Å²) in [7, 11) is -1.49. The molecule has 3 aromatic rings. The van der Waals surface area contributed by atoms with Gasteiger partial charge in [0.1, 0.15) is 12.1 Å². The van der Waals surface area contributed by atoms with Gasteiger partial charge in [0, 0.05) is 17.1 Å². The van der Waals surface area contributed by atoms with Crippen LogP contribution in [0.15, 0.2) is 77.7 Å². The van der Waals surface area contributed by atoms with Crippen molar-refractivity contribution >= 4 is 33.4 Å². The molecule has 1 aliphatic rings. The second kappa shape index (κ2) is 18.1. The first-order valence-electron chi connectivity index (χ1n) is 17.0. The molecule has 1 saturated carbocycles. The normalized spacial score (nSPS) is 17.6. The summed E-state index contributed by atoms with van der Waals surface area (Å²) in [5, 5.41) is 29.8. The highest BCUT2D eigenvalue weighted by molar-refractivity contribution is 7.85. The Kier molecular flexibility index (Phi) is 14.0. The molecule has 1 fully saturated rings. The zero-order valence-electron chi connectivity index (χ0n) is 27.6. The van der Waals surface area contributed by atoms with Crippen molar-refractivity contribution in [1.82, 2.24) is 10.6 Å². The van der Waals surface area contributed by atoms with Gasteiger partial charge >= 0.3 is 0 Å². The van der Waals surface area contributed by atoms with Gasteiger partial charge < -0.3 is 20.8 Å². The number of amides is 2. The highest BCUT2D eigenvalue weighted by atomic mass is 32.2. The average molecular weight is 659 g/mol. The summed E-state index contributed by atoms with van der Waals surface area (Å²) in [6.45, 7) is 3.95. The summed E-state index contributed by atoms with van der Waals surface area (Å²) >= 11 is 0. The largest absolute Gasteiger partial charge is 0.390 e. The minimum Gasteiger partial charge on any atom is -0.390 e. The van der Waals surface area contributed by atoms with Gasteiger partial charge in [-0.3, -0.25) is 13.8 Å². The second-order valence-corrected chi connectivity index (χ2v) is 14.9. The van der Waals surface area contributed by atoms with E-state index in [-0.39, 0.29) is 18.1 Å². The summed E-state index contributed by atoms with van der Waals surface area (Å²) < 4.78 is 13.7. The first-order valence-corrected chi connectivity index (χ1v) is 18.3. The van der Waals surface area contributed by atoms with Crippen molar-refractivity contribution in [3.05, 3.63) is 78.4 Å². The van der Waals surface area contributed by atoms with Crippen molar-refractivity contribution in [2.24, 2.45) is 17.8 Å². The Balaban J connectivity index is 1.51. The fraction of sp³-hybridized carbons (Fsp3) is 0.487. The molecule has 6 atom stereocenters. The molecule has 0 saturated heterocycles. The SMILES string of the molecule is C#CC[C@H](NC(=O)[C@H](Cc1ccccc1)CS(=O)c1ccc2ccccc2c1)C(=O)N[C@@H](CC1CCCCC1)[C@@H](O)[C@@H](O)CC(C)C. The fourth-order valence-electron chi connectivity index (χ4n) is 6.57.